The molecule has 2 unspecified atom stereocenters. The van der Waals surface area contributed by atoms with E-state index in [-0.39, 0.29) is 32.2 Å². The second-order valence-corrected chi connectivity index (χ2v) is 20.3. The van der Waals surface area contributed by atoms with Crippen molar-refractivity contribution in [3.8, 4) is 0 Å². The van der Waals surface area contributed by atoms with Crippen molar-refractivity contribution in [1.82, 2.24) is 0 Å². The number of ether oxygens (including phenoxy) is 4. The van der Waals surface area contributed by atoms with Crippen LogP contribution >= 0.6 is 0 Å². The van der Waals surface area contributed by atoms with Crippen LogP contribution in [0.3, 0.4) is 0 Å². The third-order valence-corrected chi connectivity index (χ3v) is 12.5. The lowest BCUT2D eigenvalue weighted by Crippen LogP contribution is -2.40. The molecule has 9 nitrogen and oxygen atoms in total. The van der Waals surface area contributed by atoms with E-state index < -0.39 is 24.3 Å². The first-order chi connectivity index (χ1) is 31.6. The maximum Gasteiger partial charge on any atom is 0.361 e. The summed E-state index contributed by atoms with van der Waals surface area (Å²) >= 11 is 0. The van der Waals surface area contributed by atoms with Gasteiger partial charge in [-0.3, -0.25) is 9.59 Å². The first-order valence-corrected chi connectivity index (χ1v) is 27.9. The molecule has 65 heavy (non-hydrogen) atoms. The Balaban J connectivity index is 3.81. The van der Waals surface area contributed by atoms with Crippen LogP contribution in [0.2, 0.25) is 0 Å². The zero-order valence-electron chi connectivity index (χ0n) is 43.7. The first-order valence-electron chi connectivity index (χ1n) is 27.9. The molecule has 0 aromatic carbocycles. The number of aliphatic carboxylic acids is 1. The third kappa shape index (κ3) is 49.8. The van der Waals surface area contributed by atoms with Gasteiger partial charge in [-0.05, 0) is 38.5 Å². The molecule has 0 aliphatic carbocycles. The minimum Gasteiger partial charge on any atom is -0.477 e. The van der Waals surface area contributed by atoms with Crippen LogP contribution < -0.4 is 0 Å². The van der Waals surface area contributed by atoms with E-state index in [1.54, 1.807) is 0 Å². The van der Waals surface area contributed by atoms with Crippen LogP contribution in [0.5, 0.6) is 0 Å². The fourth-order valence-electron chi connectivity index (χ4n) is 8.19. The highest BCUT2D eigenvalue weighted by Gasteiger charge is 2.25. The zero-order chi connectivity index (χ0) is 47.7. The Labute approximate surface area is 402 Å². The number of unbranched alkanes of at least 4 members (excludes halogenated alkanes) is 35. The molecule has 9 heteroatoms. The Hall–Kier alpha value is -1.97. The summed E-state index contributed by atoms with van der Waals surface area (Å²) in [6, 6.07) is 0. The molecule has 0 aliphatic rings. The van der Waals surface area contributed by atoms with Crippen LogP contribution in [-0.2, 0) is 33.3 Å². The van der Waals surface area contributed by atoms with E-state index in [1.165, 1.54) is 193 Å². The van der Waals surface area contributed by atoms with Gasteiger partial charge < -0.3 is 28.5 Å². The second kappa shape index (κ2) is 48.5. The van der Waals surface area contributed by atoms with Crippen LogP contribution in [0.15, 0.2) is 12.2 Å². The van der Waals surface area contributed by atoms with Gasteiger partial charge in [-0.15, -0.1) is 0 Å². The fraction of sp³-hybridized carbons (Fsp3) is 0.911. The lowest BCUT2D eigenvalue weighted by atomic mass is 10.0. The van der Waals surface area contributed by atoms with E-state index >= 15 is 0 Å². The number of carboxylic acid groups (broad SMARTS) is 1. The van der Waals surface area contributed by atoms with E-state index in [1.807, 2.05) is 21.1 Å². The molecular formula is C56H108NO8+. The number of carbonyl (C=O) groups excluding carboxylic acids is 2. The molecule has 0 saturated carbocycles. The lowest BCUT2D eigenvalue weighted by Gasteiger charge is -2.25. The molecule has 0 bridgehead atoms. The van der Waals surface area contributed by atoms with Gasteiger partial charge >= 0.3 is 17.9 Å². The Morgan fingerprint density at radius 1 is 0.446 bits per heavy atom. The molecule has 0 saturated heterocycles. The first kappa shape index (κ1) is 63.0. The number of carboxylic acids is 1. The Morgan fingerprint density at radius 2 is 0.785 bits per heavy atom. The summed E-state index contributed by atoms with van der Waals surface area (Å²) in [6.45, 7) is 4.81. The number of carbonyl (C=O) groups is 3. The van der Waals surface area contributed by atoms with E-state index in [2.05, 4.69) is 26.0 Å². The van der Waals surface area contributed by atoms with Crippen LogP contribution in [0.25, 0.3) is 0 Å². The summed E-state index contributed by atoms with van der Waals surface area (Å²) < 4.78 is 22.6. The number of allylic oxidation sites excluding steroid dienone is 2. The van der Waals surface area contributed by atoms with E-state index in [0.717, 1.165) is 51.4 Å². The smallest absolute Gasteiger partial charge is 0.361 e. The van der Waals surface area contributed by atoms with Crippen molar-refractivity contribution >= 4 is 17.9 Å². The summed E-state index contributed by atoms with van der Waals surface area (Å²) in [7, 11) is 5.96. The van der Waals surface area contributed by atoms with Crippen molar-refractivity contribution in [2.75, 3.05) is 47.5 Å². The predicted octanol–water partition coefficient (Wildman–Crippen LogP) is 15.8. The van der Waals surface area contributed by atoms with Gasteiger partial charge in [0.15, 0.2) is 6.10 Å². The van der Waals surface area contributed by atoms with Gasteiger partial charge in [0, 0.05) is 12.8 Å². The van der Waals surface area contributed by atoms with Gasteiger partial charge in [0.05, 0.1) is 34.4 Å². The van der Waals surface area contributed by atoms with Crippen LogP contribution in [0.1, 0.15) is 271 Å². The number of nitrogens with zero attached hydrogens (tertiary/aromatic N) is 1. The molecule has 0 aliphatic heterocycles. The molecule has 0 heterocycles. The molecule has 0 amide bonds. The number of likely N-dealkylation sites (N-methyl/N-ethyl adjacent to an activating group) is 1. The molecule has 0 aromatic heterocycles. The molecule has 0 aromatic rings. The minimum atomic E-state index is -1.50. The molecule has 384 valence electrons. The van der Waals surface area contributed by atoms with E-state index in [0.29, 0.717) is 17.4 Å². The SMILES string of the molecule is CCCCCCCCCC/C=C\CCCCCCCCCCCCCCCCCCCCCCCCCC(=O)OC(COC(=O)CCCCCCC)COC(OCC[N+](C)(C)C)C(=O)O. The molecule has 0 spiro atoms. The summed E-state index contributed by atoms with van der Waals surface area (Å²) in [5.74, 6) is -2.00. The van der Waals surface area contributed by atoms with E-state index in [4.69, 9.17) is 18.9 Å². The van der Waals surface area contributed by atoms with Crippen molar-refractivity contribution in [2.45, 2.75) is 283 Å². The molecule has 2 atom stereocenters. The van der Waals surface area contributed by atoms with Crippen molar-refractivity contribution in [3.05, 3.63) is 12.2 Å². The highest BCUT2D eigenvalue weighted by molar-refractivity contribution is 5.71. The maximum atomic E-state index is 12.7. The van der Waals surface area contributed by atoms with Crippen molar-refractivity contribution in [3.63, 3.8) is 0 Å². The average molecular weight is 923 g/mol. The van der Waals surface area contributed by atoms with Gasteiger partial charge in [-0.25, -0.2) is 4.79 Å². The highest BCUT2D eigenvalue weighted by Crippen LogP contribution is 2.17. The van der Waals surface area contributed by atoms with Gasteiger partial charge in [-0.2, -0.15) is 0 Å². The number of quaternary nitrogens is 1. The molecule has 1 N–H and O–H groups in total. The summed E-state index contributed by atoms with van der Waals surface area (Å²) in [5, 5.41) is 9.61. The second-order valence-electron chi connectivity index (χ2n) is 20.3. The number of hydrogen-bond acceptors (Lipinski definition) is 7. The average Bonchev–Trinajstić information content (AvgIpc) is 3.27. The predicted molar refractivity (Wildman–Crippen MR) is 272 cm³/mol. The van der Waals surface area contributed by atoms with Crippen LogP contribution in [-0.4, -0.2) is 87.4 Å². The number of esters is 2. The normalized spacial score (nSPS) is 12.8. The molecule has 0 radical (unpaired) electrons. The lowest BCUT2D eigenvalue weighted by molar-refractivity contribution is -0.870. The maximum absolute atomic E-state index is 12.7. The summed E-state index contributed by atoms with van der Waals surface area (Å²) in [5.41, 5.74) is 0. The molecular weight excluding hydrogens is 815 g/mol. The van der Waals surface area contributed by atoms with Gasteiger partial charge in [0.25, 0.3) is 6.29 Å². The van der Waals surface area contributed by atoms with Crippen LogP contribution in [0.4, 0.5) is 0 Å². The van der Waals surface area contributed by atoms with E-state index in [9.17, 15) is 19.5 Å². The van der Waals surface area contributed by atoms with Crippen molar-refractivity contribution < 1.29 is 42.9 Å². The number of hydrogen-bond donors (Lipinski definition) is 1. The van der Waals surface area contributed by atoms with Crippen molar-refractivity contribution in [1.29, 1.82) is 0 Å². The van der Waals surface area contributed by atoms with Crippen LogP contribution in [0, 0.1) is 0 Å². The van der Waals surface area contributed by atoms with Gasteiger partial charge in [0.2, 0.25) is 0 Å². The van der Waals surface area contributed by atoms with Crippen molar-refractivity contribution in [2.24, 2.45) is 0 Å². The summed E-state index contributed by atoms with van der Waals surface area (Å²) in [6.07, 6.45) is 52.3. The minimum absolute atomic E-state index is 0.177. The topological polar surface area (TPSA) is 108 Å². The highest BCUT2D eigenvalue weighted by atomic mass is 16.7. The Bertz CT molecular complexity index is 1070. The zero-order valence-corrected chi connectivity index (χ0v) is 43.7. The molecule has 0 fully saturated rings. The standard InChI is InChI=1S/C56H107NO8/c1-6-8-10-12-13-14-15-16-17-18-19-20-21-22-23-24-25-26-27-28-29-30-31-32-33-34-35-36-37-38-39-40-41-43-45-47-54(59)65-52(50-63-53(58)46-44-42-11-9-7-2)51-64-56(55(60)61)62-49-48-57(3,4)5/h18-19,52,56H,6-17,20-51H2,1-5H3/p+1/b19-18-. The van der Waals surface area contributed by atoms with Gasteiger partial charge in [0.1, 0.15) is 13.2 Å². The van der Waals surface area contributed by atoms with Gasteiger partial charge in [-0.1, -0.05) is 231 Å². The monoisotopic (exact) mass is 923 g/mol. The molecule has 0 rings (SSSR count). The quantitative estimate of drug-likeness (QED) is 0.0211. The Kier molecular flexibility index (Phi) is 47.0. The summed E-state index contributed by atoms with van der Waals surface area (Å²) in [4.78, 5) is 36.9. The number of rotatable bonds is 52. The fourth-order valence-corrected chi connectivity index (χ4v) is 8.19. The third-order valence-electron chi connectivity index (χ3n) is 12.5. The largest absolute Gasteiger partial charge is 0.477 e. The Morgan fingerprint density at radius 3 is 1.14 bits per heavy atom.